The maximum Gasteiger partial charge on any atom is 0.336 e. The molecule has 2 heterocycles. The number of carbonyl (C=O) groups excluding carboxylic acids is 2. The second-order valence-corrected chi connectivity index (χ2v) is 9.34. The normalized spacial score (nSPS) is 23.4. The first-order chi connectivity index (χ1) is 14.8. The summed E-state index contributed by atoms with van der Waals surface area (Å²) in [5, 5.41) is 3.37. The number of nitrogens with zero attached hydrogens (tertiary/aromatic N) is 1. The van der Waals surface area contributed by atoms with Crippen LogP contribution in [0, 0.1) is 5.41 Å². The molecule has 3 aliphatic rings. The van der Waals surface area contributed by atoms with Gasteiger partial charge in [0.25, 0.3) is 0 Å². The number of hydrogen-bond donors (Lipinski definition) is 1. The van der Waals surface area contributed by atoms with Gasteiger partial charge in [0, 0.05) is 48.1 Å². The van der Waals surface area contributed by atoms with Crippen molar-refractivity contribution in [1.82, 2.24) is 5.32 Å². The molecular formula is C25H32N2O4. The molecule has 0 bridgehead atoms. The molecule has 1 aromatic carbocycles. The zero-order valence-electron chi connectivity index (χ0n) is 18.9. The van der Waals surface area contributed by atoms with Crippen LogP contribution in [0.4, 0.5) is 5.69 Å². The van der Waals surface area contributed by atoms with Gasteiger partial charge in [0.2, 0.25) is 0 Å². The third kappa shape index (κ3) is 4.26. The van der Waals surface area contributed by atoms with Crippen LogP contribution in [-0.2, 0) is 19.1 Å². The van der Waals surface area contributed by atoms with E-state index in [0.29, 0.717) is 24.2 Å². The Balaban J connectivity index is 1.75. The van der Waals surface area contributed by atoms with Gasteiger partial charge in [-0.3, -0.25) is 4.79 Å². The predicted octanol–water partition coefficient (Wildman–Crippen LogP) is 3.69. The number of nitrogens with one attached hydrogen (secondary N) is 1. The van der Waals surface area contributed by atoms with Crippen molar-refractivity contribution < 1.29 is 19.1 Å². The number of anilines is 1. The smallest absolute Gasteiger partial charge is 0.336 e. The molecule has 1 fully saturated rings. The molecule has 1 N–H and O–H groups in total. The second-order valence-electron chi connectivity index (χ2n) is 9.34. The molecule has 31 heavy (non-hydrogen) atoms. The third-order valence-corrected chi connectivity index (χ3v) is 6.34. The Labute approximate surface area is 184 Å². The largest absolute Gasteiger partial charge is 0.463 e. The summed E-state index contributed by atoms with van der Waals surface area (Å²) in [5.41, 5.74) is 4.93. The molecule has 1 unspecified atom stereocenters. The lowest BCUT2D eigenvalue weighted by Crippen LogP contribution is -2.38. The number of ketones is 1. The number of carbonyl (C=O) groups is 2. The summed E-state index contributed by atoms with van der Waals surface area (Å²) in [6.07, 6.45) is 1.26. The highest BCUT2D eigenvalue weighted by Crippen LogP contribution is 2.47. The van der Waals surface area contributed by atoms with Gasteiger partial charge in [0.1, 0.15) is 0 Å². The summed E-state index contributed by atoms with van der Waals surface area (Å²) in [6, 6.07) is 8.26. The van der Waals surface area contributed by atoms with Crippen LogP contribution in [0.3, 0.4) is 0 Å². The first-order valence-corrected chi connectivity index (χ1v) is 11.1. The average Bonchev–Trinajstić information content (AvgIpc) is 2.72. The predicted molar refractivity (Wildman–Crippen MR) is 120 cm³/mol. The van der Waals surface area contributed by atoms with Gasteiger partial charge < -0.3 is 19.7 Å². The number of ether oxygens (including phenoxy) is 2. The van der Waals surface area contributed by atoms with Crippen molar-refractivity contribution in [2.75, 3.05) is 37.8 Å². The molecular weight excluding hydrogens is 392 g/mol. The highest BCUT2D eigenvalue weighted by molar-refractivity contribution is 6.04. The van der Waals surface area contributed by atoms with Gasteiger partial charge >= 0.3 is 5.97 Å². The van der Waals surface area contributed by atoms with Gasteiger partial charge in [-0.15, -0.1) is 0 Å². The fourth-order valence-corrected chi connectivity index (χ4v) is 4.95. The standard InChI is InChI=1S/C25H32N2O4/c1-5-31-24(29)21-16(2)26-19-14-25(3,4)15-20(28)23(19)22(21)17-6-8-18(9-7-17)27-10-12-30-13-11-27/h6-9,22,26H,5,10-15H2,1-4H3. The number of esters is 1. The molecule has 2 aliphatic heterocycles. The lowest BCUT2D eigenvalue weighted by atomic mass is 9.68. The summed E-state index contributed by atoms with van der Waals surface area (Å²) in [7, 11) is 0. The maximum absolute atomic E-state index is 13.3. The van der Waals surface area contributed by atoms with E-state index in [4.69, 9.17) is 9.47 Å². The van der Waals surface area contributed by atoms with Gasteiger partial charge in [-0.25, -0.2) is 4.79 Å². The van der Waals surface area contributed by atoms with Crippen LogP contribution in [0.1, 0.15) is 52.0 Å². The van der Waals surface area contributed by atoms with Crippen molar-refractivity contribution in [3.8, 4) is 0 Å². The summed E-state index contributed by atoms with van der Waals surface area (Å²) >= 11 is 0. The third-order valence-electron chi connectivity index (χ3n) is 6.34. The monoisotopic (exact) mass is 424 g/mol. The molecule has 0 spiro atoms. The van der Waals surface area contributed by atoms with Crippen LogP contribution in [0.5, 0.6) is 0 Å². The van der Waals surface area contributed by atoms with Crippen molar-refractivity contribution in [2.45, 2.75) is 46.5 Å². The van der Waals surface area contributed by atoms with E-state index >= 15 is 0 Å². The number of rotatable bonds is 4. The zero-order valence-corrected chi connectivity index (χ0v) is 18.9. The Hall–Kier alpha value is -2.60. The molecule has 166 valence electrons. The zero-order chi connectivity index (χ0) is 22.2. The minimum atomic E-state index is -0.405. The molecule has 6 nitrogen and oxygen atoms in total. The number of Topliss-reactive ketones (excluding diaryl/α,β-unsaturated/α-hetero) is 1. The molecule has 1 atom stereocenters. The van der Waals surface area contributed by atoms with Gasteiger partial charge in [-0.1, -0.05) is 26.0 Å². The van der Waals surface area contributed by atoms with Crippen LogP contribution in [0.15, 0.2) is 46.8 Å². The Bertz CT molecular complexity index is 937. The molecule has 1 aromatic rings. The van der Waals surface area contributed by atoms with E-state index in [1.165, 1.54) is 0 Å². The van der Waals surface area contributed by atoms with Crippen molar-refractivity contribution in [3.63, 3.8) is 0 Å². The summed E-state index contributed by atoms with van der Waals surface area (Å²) in [5.74, 6) is -0.660. The van der Waals surface area contributed by atoms with E-state index in [9.17, 15) is 9.59 Å². The molecule has 0 saturated carbocycles. The number of dihydropyridines is 1. The molecule has 0 aromatic heterocycles. The topological polar surface area (TPSA) is 67.9 Å². The SMILES string of the molecule is CCOC(=O)C1=C(C)NC2=C(C(=O)CC(C)(C)C2)C1c1ccc(N2CCOCC2)cc1. The Morgan fingerprint density at radius 1 is 1.19 bits per heavy atom. The number of hydrogen-bond acceptors (Lipinski definition) is 6. The first kappa shape index (κ1) is 21.6. The number of morpholine rings is 1. The van der Waals surface area contributed by atoms with E-state index in [2.05, 4.69) is 36.2 Å². The molecule has 1 aliphatic carbocycles. The van der Waals surface area contributed by atoms with Crippen LogP contribution < -0.4 is 10.2 Å². The summed E-state index contributed by atoms with van der Waals surface area (Å²) in [6.45, 7) is 11.4. The van der Waals surface area contributed by atoms with E-state index in [0.717, 1.165) is 55.4 Å². The summed E-state index contributed by atoms with van der Waals surface area (Å²) < 4.78 is 10.8. The quantitative estimate of drug-likeness (QED) is 0.744. The van der Waals surface area contributed by atoms with E-state index < -0.39 is 5.92 Å². The van der Waals surface area contributed by atoms with Crippen LogP contribution in [0.25, 0.3) is 0 Å². The van der Waals surface area contributed by atoms with Crippen molar-refractivity contribution in [3.05, 3.63) is 52.4 Å². The van der Waals surface area contributed by atoms with Crippen LogP contribution in [0.2, 0.25) is 0 Å². The molecule has 0 amide bonds. The van der Waals surface area contributed by atoms with E-state index in [1.54, 1.807) is 6.92 Å². The maximum atomic E-state index is 13.3. The fraction of sp³-hybridized carbons (Fsp3) is 0.520. The molecule has 1 saturated heterocycles. The van der Waals surface area contributed by atoms with Crippen molar-refractivity contribution in [2.24, 2.45) is 5.41 Å². The van der Waals surface area contributed by atoms with Crippen molar-refractivity contribution >= 4 is 17.4 Å². The Morgan fingerprint density at radius 2 is 1.87 bits per heavy atom. The molecule has 4 rings (SSSR count). The number of benzene rings is 1. The lowest BCUT2D eigenvalue weighted by molar-refractivity contribution is -0.138. The molecule has 6 heteroatoms. The number of allylic oxidation sites excluding steroid dienone is 3. The van der Waals surface area contributed by atoms with E-state index in [1.807, 2.05) is 19.1 Å². The van der Waals surface area contributed by atoms with Gasteiger partial charge in [-0.2, -0.15) is 0 Å². The minimum Gasteiger partial charge on any atom is -0.463 e. The van der Waals surface area contributed by atoms with Gasteiger partial charge in [0.05, 0.1) is 25.4 Å². The highest BCUT2D eigenvalue weighted by atomic mass is 16.5. The average molecular weight is 425 g/mol. The molecule has 0 radical (unpaired) electrons. The first-order valence-electron chi connectivity index (χ1n) is 11.1. The Morgan fingerprint density at radius 3 is 2.52 bits per heavy atom. The minimum absolute atomic E-state index is 0.102. The highest BCUT2D eigenvalue weighted by Gasteiger charge is 2.43. The van der Waals surface area contributed by atoms with Crippen LogP contribution >= 0.6 is 0 Å². The van der Waals surface area contributed by atoms with Crippen LogP contribution in [-0.4, -0.2) is 44.7 Å². The van der Waals surface area contributed by atoms with E-state index in [-0.39, 0.29) is 17.2 Å². The van der Waals surface area contributed by atoms with Gasteiger partial charge in [-0.05, 0) is 43.4 Å². The van der Waals surface area contributed by atoms with Crippen molar-refractivity contribution in [1.29, 1.82) is 0 Å². The lowest BCUT2D eigenvalue weighted by Gasteiger charge is -2.39. The second kappa shape index (κ2) is 8.50. The summed E-state index contributed by atoms with van der Waals surface area (Å²) in [4.78, 5) is 28.5. The Kier molecular flexibility index (Phi) is 5.93. The van der Waals surface area contributed by atoms with Gasteiger partial charge in [0.15, 0.2) is 5.78 Å². The fourth-order valence-electron chi connectivity index (χ4n) is 4.95.